The lowest BCUT2D eigenvalue weighted by molar-refractivity contribution is -0.244. The van der Waals surface area contributed by atoms with Crippen molar-refractivity contribution in [2.75, 3.05) is 41.3 Å². The Morgan fingerprint density at radius 3 is 1.90 bits per heavy atom. The number of aliphatic hydroxyl groups is 1. The maximum Gasteiger partial charge on any atom is 0.166 e. The summed E-state index contributed by atoms with van der Waals surface area (Å²) >= 11 is 0. The summed E-state index contributed by atoms with van der Waals surface area (Å²) in [5.41, 5.74) is -1.95. The normalized spacial score (nSPS) is 55.2. The lowest BCUT2D eigenvalue weighted by Gasteiger charge is -2.42. The van der Waals surface area contributed by atoms with E-state index in [9.17, 15) is 5.11 Å². The number of likely N-dealkylation sites (N-methyl/N-ethyl adjacent to an activating group) is 4. The summed E-state index contributed by atoms with van der Waals surface area (Å²) in [5, 5.41) is 19.6. The van der Waals surface area contributed by atoms with Crippen LogP contribution in [0.1, 0.15) is 27.2 Å². The highest BCUT2D eigenvalue weighted by Gasteiger charge is 2.74. The number of hydrazine groups is 2. The zero-order chi connectivity index (χ0) is 15.1. The van der Waals surface area contributed by atoms with E-state index in [0.29, 0.717) is 6.54 Å². The molecule has 3 saturated heterocycles. The van der Waals surface area contributed by atoms with Crippen molar-refractivity contribution in [2.24, 2.45) is 0 Å². The van der Waals surface area contributed by atoms with Crippen LogP contribution in [0.25, 0.3) is 0 Å². The third kappa shape index (κ3) is 1.40. The molecule has 0 unspecified atom stereocenters. The highest BCUT2D eigenvalue weighted by atomic mass is 16.6. The van der Waals surface area contributed by atoms with E-state index in [-0.39, 0.29) is 11.1 Å². The molecule has 3 aliphatic heterocycles. The molecule has 3 rings (SSSR count). The van der Waals surface area contributed by atoms with Crippen molar-refractivity contribution in [3.8, 4) is 0 Å². The van der Waals surface area contributed by atoms with Gasteiger partial charge >= 0.3 is 0 Å². The number of ether oxygens (including phenoxy) is 1. The van der Waals surface area contributed by atoms with Gasteiger partial charge in [-0.05, 0) is 20.8 Å². The summed E-state index contributed by atoms with van der Waals surface area (Å²) in [7, 11) is 8.22. The van der Waals surface area contributed by atoms with Crippen LogP contribution in [-0.2, 0) is 4.74 Å². The fourth-order valence-electron chi connectivity index (χ4n) is 4.53. The van der Waals surface area contributed by atoms with Gasteiger partial charge in [-0.25, -0.2) is 20.0 Å². The Kier molecular flexibility index (Phi) is 2.75. The van der Waals surface area contributed by atoms with Crippen molar-refractivity contribution in [3.63, 3.8) is 0 Å². The van der Waals surface area contributed by atoms with Crippen LogP contribution in [-0.4, -0.2) is 88.9 Å². The van der Waals surface area contributed by atoms with Crippen LogP contribution in [0.3, 0.4) is 0 Å². The maximum absolute atomic E-state index is 11.0. The van der Waals surface area contributed by atoms with Crippen LogP contribution >= 0.6 is 0 Å². The average Bonchev–Trinajstić information content (AvgIpc) is 2.71. The summed E-state index contributed by atoms with van der Waals surface area (Å²) in [6, 6.07) is 0. The highest BCUT2D eigenvalue weighted by Crippen LogP contribution is 2.58. The van der Waals surface area contributed by atoms with Crippen molar-refractivity contribution in [3.05, 3.63) is 0 Å². The lowest BCUT2D eigenvalue weighted by atomic mass is 9.79. The van der Waals surface area contributed by atoms with Gasteiger partial charge in [0.2, 0.25) is 0 Å². The van der Waals surface area contributed by atoms with Gasteiger partial charge in [-0.3, -0.25) is 0 Å². The van der Waals surface area contributed by atoms with Crippen LogP contribution in [0.5, 0.6) is 0 Å². The van der Waals surface area contributed by atoms with Crippen molar-refractivity contribution >= 4 is 0 Å². The fraction of sp³-hybridized carbons (Fsp3) is 1.00. The molecule has 3 heterocycles. The van der Waals surface area contributed by atoms with E-state index < -0.39 is 11.3 Å². The van der Waals surface area contributed by atoms with E-state index >= 15 is 0 Å². The van der Waals surface area contributed by atoms with Crippen molar-refractivity contribution in [1.82, 2.24) is 20.0 Å². The zero-order valence-corrected chi connectivity index (χ0v) is 13.8. The Hall–Kier alpha value is -0.240. The van der Waals surface area contributed by atoms with E-state index in [0.717, 1.165) is 13.0 Å². The maximum atomic E-state index is 11.0. The number of fused-ring (bicyclic) bond motifs is 1. The second kappa shape index (κ2) is 3.74. The number of hydrogen-bond acceptors (Lipinski definition) is 6. The molecule has 6 nitrogen and oxygen atoms in total. The Morgan fingerprint density at radius 2 is 1.45 bits per heavy atom. The molecule has 6 heteroatoms. The summed E-state index contributed by atoms with van der Waals surface area (Å²) in [6.07, 6.45) is 0.783. The molecule has 0 saturated carbocycles. The average molecular weight is 284 g/mol. The van der Waals surface area contributed by atoms with Crippen molar-refractivity contribution in [1.29, 1.82) is 0 Å². The third-order valence-electron chi connectivity index (χ3n) is 6.29. The van der Waals surface area contributed by atoms with Crippen LogP contribution in [0.4, 0.5) is 0 Å². The van der Waals surface area contributed by atoms with E-state index in [4.69, 9.17) is 4.74 Å². The second-order valence-electron chi connectivity index (χ2n) is 7.52. The molecule has 0 aromatic rings. The van der Waals surface area contributed by atoms with Gasteiger partial charge in [0.05, 0.1) is 5.54 Å². The molecule has 0 aromatic heterocycles. The largest absolute Gasteiger partial charge is 0.384 e. The first-order chi connectivity index (χ1) is 8.99. The van der Waals surface area contributed by atoms with Gasteiger partial charge in [-0.15, -0.1) is 0 Å². The Labute approximate surface area is 121 Å². The molecule has 0 aromatic carbocycles. The molecule has 4 atom stereocenters. The monoisotopic (exact) mass is 284 g/mol. The smallest absolute Gasteiger partial charge is 0.166 e. The quantitative estimate of drug-likeness (QED) is 0.673. The second-order valence-corrected chi connectivity index (χ2v) is 7.52. The molecule has 0 amide bonds. The summed E-state index contributed by atoms with van der Waals surface area (Å²) in [4.78, 5) is 0. The third-order valence-corrected chi connectivity index (χ3v) is 6.29. The first-order valence-electron chi connectivity index (χ1n) is 7.31. The minimum absolute atomic E-state index is 0.120. The molecule has 20 heavy (non-hydrogen) atoms. The Bertz CT molecular complexity index is 445. The van der Waals surface area contributed by atoms with Gasteiger partial charge in [0, 0.05) is 47.7 Å². The van der Waals surface area contributed by atoms with Gasteiger partial charge in [-0.1, -0.05) is 0 Å². The molecule has 1 spiro atoms. The molecule has 0 radical (unpaired) electrons. The summed E-state index contributed by atoms with van der Waals surface area (Å²) in [5.74, 6) is 0. The molecule has 0 bridgehead atoms. The lowest BCUT2D eigenvalue weighted by Crippen LogP contribution is -2.59. The van der Waals surface area contributed by atoms with Gasteiger partial charge in [0.15, 0.2) is 5.72 Å². The molecular formula is C14H28N4O2. The van der Waals surface area contributed by atoms with Gasteiger partial charge in [0.1, 0.15) is 11.2 Å². The molecule has 3 aliphatic rings. The molecule has 0 aliphatic carbocycles. The van der Waals surface area contributed by atoms with Crippen molar-refractivity contribution < 1.29 is 9.84 Å². The number of hydrogen-bond donors (Lipinski definition) is 1. The highest BCUT2D eigenvalue weighted by molar-refractivity contribution is 5.21. The standard InChI is InChI=1S/C14H28N4O2/c1-11-8-14(12(2,19)9-15(4)18(14)7)20-13(11,3)10-16(5)17(11)6/h19H,8-10H2,1-7H3/t11-,12+,13-,14+/m1/s1. The van der Waals surface area contributed by atoms with E-state index in [2.05, 4.69) is 48.0 Å². The molecule has 3 fully saturated rings. The molecular weight excluding hydrogens is 256 g/mol. The van der Waals surface area contributed by atoms with Gasteiger partial charge in [0.25, 0.3) is 0 Å². The van der Waals surface area contributed by atoms with E-state index in [1.165, 1.54) is 0 Å². The number of rotatable bonds is 0. The Morgan fingerprint density at radius 1 is 0.900 bits per heavy atom. The van der Waals surface area contributed by atoms with E-state index in [1.54, 1.807) is 0 Å². The minimum Gasteiger partial charge on any atom is -0.384 e. The molecule has 116 valence electrons. The number of nitrogens with zero attached hydrogens (tertiary/aromatic N) is 4. The minimum atomic E-state index is -0.883. The first kappa shape index (κ1) is 14.7. The zero-order valence-electron chi connectivity index (χ0n) is 13.8. The van der Waals surface area contributed by atoms with Gasteiger partial charge in [-0.2, -0.15) is 0 Å². The topological polar surface area (TPSA) is 42.4 Å². The first-order valence-corrected chi connectivity index (χ1v) is 7.31. The van der Waals surface area contributed by atoms with Crippen LogP contribution < -0.4 is 0 Å². The SMILES string of the molecule is CN1C[C@@]2(C)O[C@]3(C[C@@]2(C)N1C)N(C)N(C)C[C@]3(C)O. The summed E-state index contributed by atoms with van der Waals surface area (Å²) in [6.45, 7) is 7.74. The molecule has 1 N–H and O–H groups in total. The summed E-state index contributed by atoms with van der Waals surface area (Å²) < 4.78 is 6.61. The van der Waals surface area contributed by atoms with Crippen LogP contribution in [0, 0.1) is 0 Å². The fourth-order valence-corrected chi connectivity index (χ4v) is 4.53. The van der Waals surface area contributed by atoms with E-state index in [1.807, 2.05) is 21.0 Å². The van der Waals surface area contributed by atoms with Crippen molar-refractivity contribution in [2.45, 2.75) is 49.7 Å². The predicted octanol–water partition coefficient (Wildman–Crippen LogP) is -0.0442. The Balaban J connectivity index is 2.06. The van der Waals surface area contributed by atoms with Crippen LogP contribution in [0.15, 0.2) is 0 Å². The van der Waals surface area contributed by atoms with Crippen LogP contribution in [0.2, 0.25) is 0 Å². The number of β-amino-alcohol motifs (C(OH)–C–C–N with tert-alkyl or cyclic N) is 1. The van der Waals surface area contributed by atoms with Gasteiger partial charge < -0.3 is 9.84 Å². The predicted molar refractivity (Wildman–Crippen MR) is 76.7 cm³/mol.